The van der Waals surface area contributed by atoms with E-state index in [1.807, 2.05) is 30.3 Å². The molecule has 0 aliphatic rings. The van der Waals surface area contributed by atoms with Gasteiger partial charge in [0.1, 0.15) is 0 Å². The normalized spacial score (nSPS) is 9.33. The smallest absolute Gasteiger partial charge is 0.271 e. The number of allylic oxidation sites excluding steroid dienone is 1. The predicted molar refractivity (Wildman–Crippen MR) is 70.9 cm³/mol. The zero-order valence-electron chi connectivity index (χ0n) is 9.85. The standard InChI is InChI=1S/C16H12O2/c1-13(14-8-3-2-4-9-14)7-5-10-15(17)16-11-6-12-18-16/h2-4,6,8-9,11-12H,1,7H2. The van der Waals surface area contributed by atoms with Crippen molar-refractivity contribution < 1.29 is 9.21 Å². The van der Waals surface area contributed by atoms with E-state index in [0.29, 0.717) is 6.42 Å². The van der Waals surface area contributed by atoms with Crippen LogP contribution in [0.15, 0.2) is 59.7 Å². The lowest BCUT2D eigenvalue weighted by atomic mass is 10.1. The lowest BCUT2D eigenvalue weighted by Crippen LogP contribution is -1.91. The maximum absolute atomic E-state index is 11.5. The van der Waals surface area contributed by atoms with Gasteiger partial charge in [0.2, 0.25) is 0 Å². The van der Waals surface area contributed by atoms with E-state index >= 15 is 0 Å². The van der Waals surface area contributed by atoms with E-state index in [9.17, 15) is 4.79 Å². The van der Waals surface area contributed by atoms with Crippen LogP contribution in [0.25, 0.3) is 5.57 Å². The first-order valence-corrected chi connectivity index (χ1v) is 5.57. The van der Waals surface area contributed by atoms with E-state index in [0.717, 1.165) is 11.1 Å². The largest absolute Gasteiger partial charge is 0.460 e. The lowest BCUT2D eigenvalue weighted by Gasteiger charge is -1.99. The van der Waals surface area contributed by atoms with E-state index in [1.165, 1.54) is 6.26 Å². The number of carbonyl (C=O) groups is 1. The van der Waals surface area contributed by atoms with Crippen molar-refractivity contribution in [1.82, 2.24) is 0 Å². The van der Waals surface area contributed by atoms with Crippen LogP contribution in [-0.2, 0) is 0 Å². The quantitative estimate of drug-likeness (QED) is 0.463. The molecule has 0 fully saturated rings. The molecule has 2 nitrogen and oxygen atoms in total. The second-order valence-electron chi connectivity index (χ2n) is 3.75. The lowest BCUT2D eigenvalue weighted by molar-refractivity contribution is 0.103. The molecule has 0 spiro atoms. The number of rotatable bonds is 3. The predicted octanol–water partition coefficient (Wildman–Crippen LogP) is 3.57. The van der Waals surface area contributed by atoms with Gasteiger partial charge in [0.05, 0.1) is 6.26 Å². The molecule has 1 aromatic heterocycles. The number of furan rings is 1. The highest BCUT2D eigenvalue weighted by Gasteiger charge is 2.03. The Balaban J connectivity index is 1.97. The molecule has 18 heavy (non-hydrogen) atoms. The van der Waals surface area contributed by atoms with Crippen LogP contribution < -0.4 is 0 Å². The topological polar surface area (TPSA) is 30.2 Å². The molecular weight excluding hydrogens is 224 g/mol. The molecule has 1 aromatic carbocycles. The number of carbonyl (C=O) groups excluding carboxylic acids is 1. The summed E-state index contributed by atoms with van der Waals surface area (Å²) in [7, 11) is 0. The monoisotopic (exact) mass is 236 g/mol. The summed E-state index contributed by atoms with van der Waals surface area (Å²) in [5, 5.41) is 0. The van der Waals surface area contributed by atoms with Crippen LogP contribution in [0.3, 0.4) is 0 Å². The van der Waals surface area contributed by atoms with Gasteiger partial charge in [0.15, 0.2) is 5.76 Å². The molecule has 0 aliphatic carbocycles. The third-order valence-electron chi connectivity index (χ3n) is 2.43. The minimum atomic E-state index is -0.305. The second-order valence-corrected chi connectivity index (χ2v) is 3.75. The molecule has 0 atom stereocenters. The van der Waals surface area contributed by atoms with Crippen molar-refractivity contribution in [3.63, 3.8) is 0 Å². The van der Waals surface area contributed by atoms with Crippen LogP contribution >= 0.6 is 0 Å². The summed E-state index contributed by atoms with van der Waals surface area (Å²) in [6, 6.07) is 13.0. The fraction of sp³-hybridized carbons (Fsp3) is 0.0625. The molecular formula is C16H12O2. The Morgan fingerprint density at radius 1 is 1.17 bits per heavy atom. The Hall–Kier alpha value is -2.53. The van der Waals surface area contributed by atoms with Crippen molar-refractivity contribution in [1.29, 1.82) is 0 Å². The number of hydrogen-bond acceptors (Lipinski definition) is 2. The first-order chi connectivity index (χ1) is 8.77. The van der Waals surface area contributed by atoms with Gasteiger partial charge in [-0.1, -0.05) is 42.8 Å². The van der Waals surface area contributed by atoms with Crippen molar-refractivity contribution in [2.75, 3.05) is 0 Å². The van der Waals surface area contributed by atoms with Crippen LogP contribution in [-0.4, -0.2) is 5.78 Å². The van der Waals surface area contributed by atoms with Gasteiger partial charge in [-0.3, -0.25) is 4.79 Å². The summed E-state index contributed by atoms with van der Waals surface area (Å²) in [4.78, 5) is 11.5. The van der Waals surface area contributed by atoms with Crippen LogP contribution in [0.1, 0.15) is 22.5 Å². The minimum absolute atomic E-state index is 0.271. The van der Waals surface area contributed by atoms with E-state index in [-0.39, 0.29) is 11.5 Å². The first kappa shape index (κ1) is 11.9. The third kappa shape index (κ3) is 2.99. The second kappa shape index (κ2) is 5.70. The van der Waals surface area contributed by atoms with E-state index in [1.54, 1.807) is 12.1 Å². The molecule has 2 heteroatoms. The number of Topliss-reactive ketones (excluding diaryl/α,β-unsaturated/α-hetero) is 1. The van der Waals surface area contributed by atoms with Crippen molar-refractivity contribution in [3.05, 3.63) is 66.6 Å². The third-order valence-corrected chi connectivity index (χ3v) is 2.43. The minimum Gasteiger partial charge on any atom is -0.460 e. The molecule has 2 aromatic rings. The van der Waals surface area contributed by atoms with Gasteiger partial charge >= 0.3 is 0 Å². The Kier molecular flexibility index (Phi) is 3.78. The molecule has 0 aliphatic heterocycles. The van der Waals surface area contributed by atoms with Gasteiger partial charge in [0.25, 0.3) is 5.78 Å². The molecule has 0 N–H and O–H groups in total. The Labute approximate surface area is 106 Å². The van der Waals surface area contributed by atoms with Gasteiger partial charge in [-0.15, -0.1) is 0 Å². The Morgan fingerprint density at radius 2 is 1.94 bits per heavy atom. The first-order valence-electron chi connectivity index (χ1n) is 5.57. The number of hydrogen-bond donors (Lipinski definition) is 0. The van der Waals surface area contributed by atoms with E-state index < -0.39 is 0 Å². The molecule has 0 unspecified atom stereocenters. The maximum Gasteiger partial charge on any atom is 0.271 e. The highest BCUT2D eigenvalue weighted by atomic mass is 16.3. The van der Waals surface area contributed by atoms with Crippen LogP contribution in [0, 0.1) is 11.8 Å². The zero-order chi connectivity index (χ0) is 12.8. The summed E-state index contributed by atoms with van der Waals surface area (Å²) in [5.74, 6) is 5.32. The maximum atomic E-state index is 11.5. The number of ketones is 1. The average Bonchev–Trinajstić information content (AvgIpc) is 2.93. The fourth-order valence-corrected chi connectivity index (χ4v) is 1.48. The van der Waals surface area contributed by atoms with E-state index in [4.69, 9.17) is 4.42 Å². The van der Waals surface area contributed by atoms with Crippen molar-refractivity contribution >= 4 is 11.4 Å². The zero-order valence-corrected chi connectivity index (χ0v) is 9.85. The highest BCUT2D eigenvalue weighted by molar-refractivity contribution is 6.07. The molecule has 0 saturated carbocycles. The molecule has 0 amide bonds. The van der Waals surface area contributed by atoms with Gasteiger partial charge in [-0.25, -0.2) is 0 Å². The summed E-state index contributed by atoms with van der Waals surface area (Å²) >= 11 is 0. The van der Waals surface area contributed by atoms with Crippen LogP contribution in [0.5, 0.6) is 0 Å². The van der Waals surface area contributed by atoms with E-state index in [2.05, 4.69) is 18.4 Å². The SMILES string of the molecule is C=C(CC#CC(=O)c1ccco1)c1ccccc1. The molecule has 0 bridgehead atoms. The molecule has 88 valence electrons. The average molecular weight is 236 g/mol. The van der Waals surface area contributed by atoms with Gasteiger partial charge in [-0.2, -0.15) is 0 Å². The molecule has 1 heterocycles. The summed E-state index contributed by atoms with van der Waals surface area (Å²) in [5.41, 5.74) is 1.94. The molecule has 0 saturated heterocycles. The van der Waals surface area contributed by atoms with Gasteiger partial charge in [-0.05, 0) is 29.2 Å². The number of benzene rings is 1. The van der Waals surface area contributed by atoms with Gasteiger partial charge in [0, 0.05) is 6.42 Å². The fourth-order valence-electron chi connectivity index (χ4n) is 1.48. The Bertz CT molecular complexity index is 596. The van der Waals surface area contributed by atoms with Crippen molar-refractivity contribution in [3.8, 4) is 11.8 Å². The van der Waals surface area contributed by atoms with Crippen LogP contribution in [0.2, 0.25) is 0 Å². The van der Waals surface area contributed by atoms with Crippen LogP contribution in [0.4, 0.5) is 0 Å². The highest BCUT2D eigenvalue weighted by Crippen LogP contribution is 2.14. The summed E-state index contributed by atoms with van der Waals surface area (Å²) < 4.78 is 4.96. The van der Waals surface area contributed by atoms with Crippen molar-refractivity contribution in [2.24, 2.45) is 0 Å². The summed E-state index contributed by atoms with van der Waals surface area (Å²) in [6.45, 7) is 3.95. The molecule has 0 radical (unpaired) electrons. The van der Waals surface area contributed by atoms with Gasteiger partial charge < -0.3 is 4.42 Å². The summed E-state index contributed by atoms with van der Waals surface area (Å²) in [6.07, 6.45) is 1.92. The molecule has 2 rings (SSSR count). The van der Waals surface area contributed by atoms with Crippen molar-refractivity contribution in [2.45, 2.75) is 6.42 Å². The Morgan fingerprint density at radius 3 is 2.61 bits per heavy atom.